The molecular weight excluding hydrogens is 184 g/mol. The van der Waals surface area contributed by atoms with Crippen LogP contribution < -0.4 is 5.32 Å². The first-order chi connectivity index (χ1) is 7.26. The van der Waals surface area contributed by atoms with Crippen LogP contribution in [0.15, 0.2) is 0 Å². The smallest absolute Gasteiger partial charge is 0.0167 e. The average molecular weight is 212 g/mol. The third-order valence-electron chi connectivity index (χ3n) is 3.51. The molecule has 1 heterocycles. The summed E-state index contributed by atoms with van der Waals surface area (Å²) in [6, 6.07) is 0.683. The molecule has 0 aromatic heterocycles. The molecule has 0 aromatic carbocycles. The Balaban J connectivity index is 2.24. The summed E-state index contributed by atoms with van der Waals surface area (Å²) in [5.41, 5.74) is 0. The lowest BCUT2D eigenvalue weighted by molar-refractivity contribution is 0.171. The summed E-state index contributed by atoms with van der Waals surface area (Å²) in [5, 5.41) is 3.50. The highest BCUT2D eigenvalue weighted by Crippen LogP contribution is 2.15. The monoisotopic (exact) mass is 212 g/mol. The molecule has 2 atom stereocenters. The summed E-state index contributed by atoms with van der Waals surface area (Å²) in [5.74, 6) is 0.926. The minimum absolute atomic E-state index is 0.683. The Morgan fingerprint density at radius 3 is 2.80 bits per heavy atom. The predicted octanol–water partition coefficient (Wildman–Crippen LogP) is 2.50. The van der Waals surface area contributed by atoms with E-state index < -0.39 is 0 Å². The van der Waals surface area contributed by atoms with Crippen molar-refractivity contribution < 1.29 is 0 Å². The Hall–Kier alpha value is -0.0800. The number of hydrogen-bond donors (Lipinski definition) is 1. The third kappa shape index (κ3) is 4.98. The predicted molar refractivity (Wildman–Crippen MR) is 67.2 cm³/mol. The lowest BCUT2D eigenvalue weighted by Gasteiger charge is -2.34. The summed E-state index contributed by atoms with van der Waals surface area (Å²) in [6.07, 6.45) is 5.51. The standard InChI is InChI=1S/C13H28N2/c1-4-6-7-13(5-2)11-15-9-8-14-12(3)10-15/h12-14H,4-11H2,1-3H3/t12-,13?/m1/s1. The summed E-state index contributed by atoms with van der Waals surface area (Å²) in [4.78, 5) is 2.64. The highest BCUT2D eigenvalue weighted by atomic mass is 15.2. The SMILES string of the molecule is CCCCC(CC)CN1CCN[C@H](C)C1. The van der Waals surface area contributed by atoms with Gasteiger partial charge in [-0.15, -0.1) is 0 Å². The highest BCUT2D eigenvalue weighted by molar-refractivity contribution is 4.76. The summed E-state index contributed by atoms with van der Waals surface area (Å²) >= 11 is 0. The summed E-state index contributed by atoms with van der Waals surface area (Å²) < 4.78 is 0. The zero-order chi connectivity index (χ0) is 11.1. The zero-order valence-electron chi connectivity index (χ0n) is 10.8. The van der Waals surface area contributed by atoms with Gasteiger partial charge >= 0.3 is 0 Å². The van der Waals surface area contributed by atoms with Crippen LogP contribution in [0.2, 0.25) is 0 Å². The van der Waals surface area contributed by atoms with E-state index in [-0.39, 0.29) is 0 Å². The second kappa shape index (κ2) is 7.24. The van der Waals surface area contributed by atoms with E-state index in [2.05, 4.69) is 31.0 Å². The van der Waals surface area contributed by atoms with E-state index in [1.807, 2.05) is 0 Å². The maximum Gasteiger partial charge on any atom is 0.0167 e. The number of piperazine rings is 1. The molecule has 1 N–H and O–H groups in total. The fourth-order valence-corrected chi connectivity index (χ4v) is 2.46. The lowest BCUT2D eigenvalue weighted by Crippen LogP contribution is -2.50. The Bertz CT molecular complexity index is 159. The quantitative estimate of drug-likeness (QED) is 0.728. The second-order valence-electron chi connectivity index (χ2n) is 5.03. The van der Waals surface area contributed by atoms with Gasteiger partial charge in [-0.3, -0.25) is 0 Å². The molecule has 1 aliphatic rings. The molecule has 1 saturated heterocycles. The van der Waals surface area contributed by atoms with Gasteiger partial charge in [-0.2, -0.15) is 0 Å². The molecule has 2 heteroatoms. The number of nitrogens with zero attached hydrogens (tertiary/aromatic N) is 1. The van der Waals surface area contributed by atoms with Crippen LogP contribution in [-0.4, -0.2) is 37.1 Å². The molecule has 1 rings (SSSR count). The fourth-order valence-electron chi connectivity index (χ4n) is 2.46. The van der Waals surface area contributed by atoms with E-state index >= 15 is 0 Å². The molecule has 0 aliphatic carbocycles. The van der Waals surface area contributed by atoms with Crippen molar-refractivity contribution in [2.45, 2.75) is 52.5 Å². The molecule has 0 radical (unpaired) electrons. The van der Waals surface area contributed by atoms with E-state index in [9.17, 15) is 0 Å². The Morgan fingerprint density at radius 1 is 1.40 bits per heavy atom. The van der Waals surface area contributed by atoms with Crippen LogP contribution in [0.3, 0.4) is 0 Å². The van der Waals surface area contributed by atoms with Crippen molar-refractivity contribution in [3.63, 3.8) is 0 Å². The van der Waals surface area contributed by atoms with E-state index in [1.54, 1.807) is 0 Å². The number of rotatable bonds is 6. The Kier molecular flexibility index (Phi) is 6.26. The Labute approximate surface area is 95.4 Å². The molecule has 90 valence electrons. The van der Waals surface area contributed by atoms with E-state index in [1.165, 1.54) is 51.9 Å². The molecule has 1 fully saturated rings. The summed E-state index contributed by atoms with van der Waals surface area (Å²) in [7, 11) is 0. The maximum absolute atomic E-state index is 3.50. The van der Waals surface area contributed by atoms with E-state index in [0.29, 0.717) is 6.04 Å². The zero-order valence-corrected chi connectivity index (χ0v) is 10.8. The van der Waals surface area contributed by atoms with Crippen LogP contribution in [-0.2, 0) is 0 Å². The minimum atomic E-state index is 0.683. The van der Waals surface area contributed by atoms with Crippen LogP contribution in [0.1, 0.15) is 46.5 Å². The van der Waals surface area contributed by atoms with Gasteiger partial charge in [0.2, 0.25) is 0 Å². The largest absolute Gasteiger partial charge is 0.312 e. The van der Waals surface area contributed by atoms with Crippen molar-refractivity contribution in [2.24, 2.45) is 5.92 Å². The van der Waals surface area contributed by atoms with Gasteiger partial charge in [0, 0.05) is 32.2 Å². The van der Waals surface area contributed by atoms with Gasteiger partial charge in [-0.05, 0) is 19.3 Å². The number of unbranched alkanes of at least 4 members (excludes halogenated alkanes) is 1. The van der Waals surface area contributed by atoms with E-state index in [4.69, 9.17) is 0 Å². The molecule has 0 amide bonds. The second-order valence-corrected chi connectivity index (χ2v) is 5.03. The van der Waals surface area contributed by atoms with Crippen molar-refractivity contribution in [1.82, 2.24) is 10.2 Å². The first-order valence-corrected chi connectivity index (χ1v) is 6.72. The first kappa shape index (κ1) is 13.0. The van der Waals surface area contributed by atoms with Gasteiger partial charge < -0.3 is 10.2 Å². The van der Waals surface area contributed by atoms with Crippen LogP contribution in [0.25, 0.3) is 0 Å². The van der Waals surface area contributed by atoms with Crippen LogP contribution in [0.5, 0.6) is 0 Å². The highest BCUT2D eigenvalue weighted by Gasteiger charge is 2.18. The van der Waals surface area contributed by atoms with Gasteiger partial charge in [-0.1, -0.05) is 33.1 Å². The molecule has 15 heavy (non-hydrogen) atoms. The molecule has 1 unspecified atom stereocenters. The van der Waals surface area contributed by atoms with Crippen molar-refractivity contribution >= 4 is 0 Å². The van der Waals surface area contributed by atoms with Gasteiger partial charge in [0.1, 0.15) is 0 Å². The lowest BCUT2D eigenvalue weighted by atomic mass is 9.98. The van der Waals surface area contributed by atoms with Crippen LogP contribution in [0.4, 0.5) is 0 Å². The van der Waals surface area contributed by atoms with Gasteiger partial charge in [0.05, 0.1) is 0 Å². The van der Waals surface area contributed by atoms with Crippen molar-refractivity contribution in [2.75, 3.05) is 26.2 Å². The molecule has 2 nitrogen and oxygen atoms in total. The summed E-state index contributed by atoms with van der Waals surface area (Å²) in [6.45, 7) is 11.9. The Morgan fingerprint density at radius 2 is 2.20 bits per heavy atom. The van der Waals surface area contributed by atoms with Crippen LogP contribution in [0, 0.1) is 5.92 Å². The van der Waals surface area contributed by atoms with Crippen molar-refractivity contribution in [3.8, 4) is 0 Å². The molecule has 0 spiro atoms. The maximum atomic E-state index is 3.50. The number of nitrogens with one attached hydrogen (secondary N) is 1. The van der Waals surface area contributed by atoms with Crippen molar-refractivity contribution in [1.29, 1.82) is 0 Å². The first-order valence-electron chi connectivity index (χ1n) is 6.72. The van der Waals surface area contributed by atoms with Crippen molar-refractivity contribution in [3.05, 3.63) is 0 Å². The van der Waals surface area contributed by atoms with E-state index in [0.717, 1.165) is 5.92 Å². The molecule has 0 saturated carbocycles. The van der Waals surface area contributed by atoms with Gasteiger partial charge in [0.25, 0.3) is 0 Å². The molecule has 1 aliphatic heterocycles. The molecular formula is C13H28N2. The third-order valence-corrected chi connectivity index (χ3v) is 3.51. The molecule has 0 bridgehead atoms. The minimum Gasteiger partial charge on any atom is -0.312 e. The normalized spacial score (nSPS) is 25.4. The topological polar surface area (TPSA) is 15.3 Å². The van der Waals surface area contributed by atoms with Gasteiger partial charge in [-0.25, -0.2) is 0 Å². The van der Waals surface area contributed by atoms with Gasteiger partial charge in [0.15, 0.2) is 0 Å². The number of hydrogen-bond acceptors (Lipinski definition) is 2. The fraction of sp³-hybridized carbons (Fsp3) is 1.00. The average Bonchev–Trinajstić information content (AvgIpc) is 2.24. The molecule has 0 aromatic rings. The van der Waals surface area contributed by atoms with Crippen LogP contribution >= 0.6 is 0 Å².